The predicted molar refractivity (Wildman–Crippen MR) is 87.8 cm³/mol. The lowest BCUT2D eigenvalue weighted by Crippen LogP contribution is -2.24. The van der Waals surface area contributed by atoms with Gasteiger partial charge >= 0.3 is 0 Å². The van der Waals surface area contributed by atoms with E-state index in [2.05, 4.69) is 6.07 Å². The molecule has 0 saturated carbocycles. The number of hydrogen-bond acceptors (Lipinski definition) is 4. The smallest absolute Gasteiger partial charge is 0.159 e. The molecule has 0 amide bonds. The van der Waals surface area contributed by atoms with Gasteiger partial charge in [0.15, 0.2) is 11.6 Å². The Morgan fingerprint density at radius 1 is 1.24 bits per heavy atom. The van der Waals surface area contributed by atoms with Gasteiger partial charge in [-0.25, -0.2) is 8.78 Å². The fourth-order valence-electron chi connectivity index (χ4n) is 3.30. The molecule has 4 nitrogen and oxygen atoms in total. The van der Waals surface area contributed by atoms with Crippen molar-refractivity contribution in [3.63, 3.8) is 0 Å². The Morgan fingerprint density at radius 3 is 2.72 bits per heavy atom. The molecule has 1 heterocycles. The molecule has 2 unspecified atom stereocenters. The number of ether oxygens (including phenoxy) is 1. The van der Waals surface area contributed by atoms with Gasteiger partial charge in [0.1, 0.15) is 11.8 Å². The van der Waals surface area contributed by atoms with Crippen LogP contribution in [0.3, 0.4) is 0 Å². The molecule has 0 radical (unpaired) electrons. The van der Waals surface area contributed by atoms with E-state index < -0.39 is 17.7 Å². The van der Waals surface area contributed by atoms with E-state index >= 15 is 0 Å². The molecular formula is C19H18F2N2O2. The average molecular weight is 344 g/mol. The normalized spacial score (nSPS) is 20.4. The van der Waals surface area contributed by atoms with Gasteiger partial charge < -0.3 is 9.84 Å². The summed E-state index contributed by atoms with van der Waals surface area (Å²) in [6, 6.07) is 11.0. The summed E-state index contributed by atoms with van der Waals surface area (Å²) in [7, 11) is 1.51. The molecule has 1 fully saturated rings. The Kier molecular flexibility index (Phi) is 4.98. The molecule has 1 N–H and O–H groups in total. The molecule has 6 heteroatoms. The zero-order valence-electron chi connectivity index (χ0n) is 13.7. The summed E-state index contributed by atoms with van der Waals surface area (Å²) in [5.41, 5.74) is 1.95. The number of aliphatic hydroxyl groups excluding tert-OH is 1. The lowest BCUT2D eigenvalue weighted by Gasteiger charge is -2.25. The third kappa shape index (κ3) is 3.63. The molecule has 0 spiro atoms. The summed E-state index contributed by atoms with van der Waals surface area (Å²) in [5, 5.41) is 19.2. The van der Waals surface area contributed by atoms with Gasteiger partial charge in [0, 0.05) is 19.1 Å². The van der Waals surface area contributed by atoms with Crippen LogP contribution in [0.2, 0.25) is 0 Å². The van der Waals surface area contributed by atoms with E-state index in [1.165, 1.54) is 13.2 Å². The van der Waals surface area contributed by atoms with Crippen molar-refractivity contribution >= 4 is 0 Å². The van der Waals surface area contributed by atoms with Crippen LogP contribution in [0.1, 0.15) is 29.2 Å². The first-order chi connectivity index (χ1) is 12.0. The lowest BCUT2D eigenvalue weighted by atomic mass is 10.0. The third-order valence-corrected chi connectivity index (χ3v) is 4.48. The first-order valence-electron chi connectivity index (χ1n) is 7.96. The zero-order chi connectivity index (χ0) is 18.0. The van der Waals surface area contributed by atoms with Crippen LogP contribution in [0.15, 0.2) is 36.4 Å². The van der Waals surface area contributed by atoms with Crippen LogP contribution >= 0.6 is 0 Å². The Bertz CT molecular complexity index is 820. The number of methoxy groups -OCH3 is 1. The molecule has 0 aliphatic carbocycles. The first kappa shape index (κ1) is 17.3. The van der Waals surface area contributed by atoms with Gasteiger partial charge in [-0.2, -0.15) is 5.26 Å². The topological polar surface area (TPSA) is 56.5 Å². The highest BCUT2D eigenvalue weighted by Gasteiger charge is 2.32. The van der Waals surface area contributed by atoms with Crippen LogP contribution < -0.4 is 4.74 Å². The average Bonchev–Trinajstić information content (AvgIpc) is 2.97. The van der Waals surface area contributed by atoms with E-state index in [-0.39, 0.29) is 6.04 Å². The van der Waals surface area contributed by atoms with Crippen LogP contribution in [-0.4, -0.2) is 29.8 Å². The fourth-order valence-corrected chi connectivity index (χ4v) is 3.30. The monoisotopic (exact) mass is 344 g/mol. The van der Waals surface area contributed by atoms with Crippen LogP contribution in [0, 0.1) is 23.0 Å². The molecule has 1 aliphatic heterocycles. The number of rotatable bonds is 4. The maximum atomic E-state index is 13.6. The minimum Gasteiger partial charge on any atom is -0.495 e. The quantitative estimate of drug-likeness (QED) is 0.926. The highest BCUT2D eigenvalue weighted by Crippen LogP contribution is 2.34. The van der Waals surface area contributed by atoms with Crippen molar-refractivity contribution in [1.29, 1.82) is 5.26 Å². The van der Waals surface area contributed by atoms with E-state index in [1.807, 2.05) is 11.0 Å². The van der Waals surface area contributed by atoms with Crippen molar-refractivity contribution in [2.75, 3.05) is 13.7 Å². The number of aliphatic hydroxyl groups is 1. The van der Waals surface area contributed by atoms with E-state index in [0.29, 0.717) is 36.4 Å². The lowest BCUT2D eigenvalue weighted by molar-refractivity contribution is 0.172. The molecule has 1 aliphatic rings. The van der Waals surface area contributed by atoms with Gasteiger partial charge in [-0.3, -0.25) is 4.90 Å². The van der Waals surface area contributed by atoms with Gasteiger partial charge in [-0.1, -0.05) is 12.1 Å². The number of likely N-dealkylation sites (tertiary alicyclic amines) is 1. The summed E-state index contributed by atoms with van der Waals surface area (Å²) in [5.74, 6) is -1.28. The Morgan fingerprint density at radius 2 is 2.04 bits per heavy atom. The zero-order valence-corrected chi connectivity index (χ0v) is 13.7. The fraction of sp³-hybridized carbons (Fsp3) is 0.316. The van der Waals surface area contributed by atoms with Gasteiger partial charge in [0.25, 0.3) is 0 Å². The van der Waals surface area contributed by atoms with Gasteiger partial charge in [0.05, 0.1) is 18.8 Å². The summed E-state index contributed by atoms with van der Waals surface area (Å²) in [4.78, 5) is 2.00. The molecule has 2 aromatic carbocycles. The summed E-state index contributed by atoms with van der Waals surface area (Å²) in [6.45, 7) is 0.914. The number of nitrogens with zero attached hydrogens (tertiary/aromatic N) is 2. The predicted octanol–water partition coefficient (Wildman–Crippen LogP) is 3.15. The largest absolute Gasteiger partial charge is 0.495 e. The highest BCUT2D eigenvalue weighted by atomic mass is 19.2. The SMILES string of the molecule is COc1ccc(CN2CC(O)CC2c2ccc(F)c(F)c2)cc1C#N. The molecule has 1 saturated heterocycles. The van der Waals surface area contributed by atoms with Crippen LogP contribution in [0.4, 0.5) is 8.78 Å². The molecule has 25 heavy (non-hydrogen) atoms. The van der Waals surface area contributed by atoms with E-state index in [4.69, 9.17) is 4.74 Å². The summed E-state index contributed by atoms with van der Waals surface area (Å²) >= 11 is 0. The maximum Gasteiger partial charge on any atom is 0.159 e. The summed E-state index contributed by atoms with van der Waals surface area (Å²) < 4.78 is 31.9. The molecular weight excluding hydrogens is 326 g/mol. The van der Waals surface area contributed by atoms with E-state index in [1.54, 1.807) is 18.2 Å². The van der Waals surface area contributed by atoms with E-state index in [9.17, 15) is 19.1 Å². The summed E-state index contributed by atoms with van der Waals surface area (Å²) in [6.07, 6.45) is -0.0846. The van der Waals surface area contributed by atoms with Crippen molar-refractivity contribution in [2.24, 2.45) is 0 Å². The Labute approximate surface area is 144 Å². The molecule has 0 aromatic heterocycles. The van der Waals surface area contributed by atoms with Crippen molar-refractivity contribution in [3.05, 3.63) is 64.7 Å². The third-order valence-electron chi connectivity index (χ3n) is 4.48. The van der Waals surface area contributed by atoms with Crippen molar-refractivity contribution in [1.82, 2.24) is 4.90 Å². The molecule has 3 rings (SSSR count). The number of benzene rings is 2. The molecule has 2 atom stereocenters. The second-order valence-corrected chi connectivity index (χ2v) is 6.15. The Hall–Kier alpha value is -2.49. The molecule has 130 valence electrons. The molecule has 0 bridgehead atoms. The van der Waals surface area contributed by atoms with Crippen LogP contribution in [-0.2, 0) is 6.54 Å². The van der Waals surface area contributed by atoms with Crippen LogP contribution in [0.5, 0.6) is 5.75 Å². The minimum atomic E-state index is -0.893. The number of nitriles is 1. The van der Waals surface area contributed by atoms with Gasteiger partial charge in [-0.15, -0.1) is 0 Å². The van der Waals surface area contributed by atoms with Crippen molar-refractivity contribution in [3.8, 4) is 11.8 Å². The van der Waals surface area contributed by atoms with Crippen molar-refractivity contribution < 1.29 is 18.6 Å². The maximum absolute atomic E-state index is 13.6. The second-order valence-electron chi connectivity index (χ2n) is 6.15. The number of halogens is 2. The van der Waals surface area contributed by atoms with Gasteiger partial charge in [-0.05, 0) is 41.8 Å². The van der Waals surface area contributed by atoms with Gasteiger partial charge in [0.2, 0.25) is 0 Å². The van der Waals surface area contributed by atoms with Crippen molar-refractivity contribution in [2.45, 2.75) is 25.1 Å². The second kappa shape index (κ2) is 7.18. The first-order valence-corrected chi connectivity index (χ1v) is 7.96. The number of β-amino-alcohol motifs (C(OH)–C–C–N with tert-alkyl or cyclic N) is 1. The Balaban J connectivity index is 1.85. The van der Waals surface area contributed by atoms with E-state index in [0.717, 1.165) is 11.6 Å². The minimum absolute atomic E-state index is 0.210. The highest BCUT2D eigenvalue weighted by molar-refractivity contribution is 5.45. The number of hydrogen-bond donors (Lipinski definition) is 1. The standard InChI is InChI=1S/C19H18F2N2O2/c1-25-19-5-2-12(6-14(19)9-22)10-23-11-15(24)8-18(23)13-3-4-16(20)17(21)7-13/h2-7,15,18,24H,8,10-11H2,1H3. The van der Waals surface area contributed by atoms with Crippen LogP contribution in [0.25, 0.3) is 0 Å². The molecule has 2 aromatic rings.